The van der Waals surface area contributed by atoms with Crippen LogP contribution in [0.2, 0.25) is 0 Å². The van der Waals surface area contributed by atoms with E-state index < -0.39 is 17.2 Å². The van der Waals surface area contributed by atoms with Crippen molar-refractivity contribution in [1.82, 2.24) is 4.98 Å². The first-order valence-electron chi connectivity index (χ1n) is 6.22. The van der Waals surface area contributed by atoms with E-state index in [1.54, 1.807) is 6.20 Å². The van der Waals surface area contributed by atoms with E-state index in [0.717, 1.165) is 5.56 Å². The van der Waals surface area contributed by atoms with E-state index in [-0.39, 0.29) is 12.5 Å². The van der Waals surface area contributed by atoms with E-state index >= 15 is 0 Å². The average Bonchev–Trinajstić information content (AvgIpc) is 2.29. The summed E-state index contributed by atoms with van der Waals surface area (Å²) in [5.41, 5.74) is -0.997. The van der Waals surface area contributed by atoms with Gasteiger partial charge in [0.15, 0.2) is 0 Å². The van der Waals surface area contributed by atoms with Gasteiger partial charge in [-0.2, -0.15) is 0 Å². The van der Waals surface area contributed by atoms with Crippen LogP contribution in [0.4, 0.5) is 0 Å². The van der Waals surface area contributed by atoms with Crippen LogP contribution in [-0.2, 0) is 9.53 Å². The van der Waals surface area contributed by atoms with Gasteiger partial charge in [0.2, 0.25) is 11.5 Å². The Hall–Kier alpha value is -1.14. The fourth-order valence-corrected chi connectivity index (χ4v) is 1.84. The van der Waals surface area contributed by atoms with Gasteiger partial charge in [0.05, 0.1) is 16.7 Å². The molecule has 0 aliphatic rings. The van der Waals surface area contributed by atoms with Gasteiger partial charge in [-0.15, -0.1) is 0 Å². The second-order valence-corrected chi connectivity index (χ2v) is 6.69. The number of carboxylic acid groups (broad SMARTS) is 1. The highest BCUT2D eigenvalue weighted by atomic mass is 79.9. The van der Waals surface area contributed by atoms with E-state index in [1.165, 1.54) is 6.92 Å². The molecule has 1 N–H and O–H groups in total. The number of rotatable bonds is 5. The number of carbonyl (C=O) groups is 1. The van der Waals surface area contributed by atoms with Crippen molar-refractivity contribution in [2.45, 2.75) is 45.8 Å². The molecule has 20 heavy (non-hydrogen) atoms. The number of pyridine rings is 1. The van der Waals surface area contributed by atoms with E-state index in [0.29, 0.717) is 4.47 Å². The molecule has 1 aromatic heterocycles. The van der Waals surface area contributed by atoms with Crippen LogP contribution < -0.4 is 4.74 Å². The predicted molar refractivity (Wildman–Crippen MR) is 79.0 cm³/mol. The van der Waals surface area contributed by atoms with Crippen molar-refractivity contribution in [3.8, 4) is 5.88 Å². The molecule has 1 unspecified atom stereocenters. The third-order valence-electron chi connectivity index (χ3n) is 2.50. The summed E-state index contributed by atoms with van der Waals surface area (Å²) in [6.45, 7) is 8.85. The Bertz CT molecular complexity index is 498. The molecule has 0 fully saturated rings. The zero-order valence-corrected chi connectivity index (χ0v) is 13.9. The molecule has 112 valence electrons. The van der Waals surface area contributed by atoms with Crippen molar-refractivity contribution in [2.75, 3.05) is 6.61 Å². The smallest absolute Gasteiger partial charge is 0.350 e. The van der Waals surface area contributed by atoms with E-state index in [1.807, 2.05) is 33.8 Å². The van der Waals surface area contributed by atoms with Crippen LogP contribution >= 0.6 is 15.9 Å². The van der Waals surface area contributed by atoms with Gasteiger partial charge in [-0.1, -0.05) is 0 Å². The lowest BCUT2D eigenvalue weighted by atomic mass is 10.1. The molecule has 1 heterocycles. The first-order valence-corrected chi connectivity index (χ1v) is 7.01. The van der Waals surface area contributed by atoms with Gasteiger partial charge < -0.3 is 14.6 Å². The lowest BCUT2D eigenvalue weighted by Crippen LogP contribution is -2.47. The number of aryl methyl sites for hydroxylation is 1. The van der Waals surface area contributed by atoms with Crippen molar-refractivity contribution in [1.29, 1.82) is 0 Å². The quantitative estimate of drug-likeness (QED) is 0.887. The van der Waals surface area contributed by atoms with Crippen molar-refractivity contribution < 1.29 is 19.4 Å². The van der Waals surface area contributed by atoms with E-state index in [4.69, 9.17) is 9.47 Å². The van der Waals surface area contributed by atoms with Crippen molar-refractivity contribution >= 4 is 21.9 Å². The minimum absolute atomic E-state index is 0.0756. The first kappa shape index (κ1) is 16.9. The molecule has 0 saturated heterocycles. The predicted octanol–water partition coefficient (Wildman–Crippen LogP) is 3.19. The molecular formula is C14H20BrNO4. The Morgan fingerprint density at radius 1 is 1.40 bits per heavy atom. The van der Waals surface area contributed by atoms with Crippen LogP contribution in [0.25, 0.3) is 0 Å². The van der Waals surface area contributed by atoms with Crippen molar-refractivity contribution in [3.63, 3.8) is 0 Å². The highest BCUT2D eigenvalue weighted by Gasteiger charge is 2.38. The molecule has 0 bridgehead atoms. The van der Waals surface area contributed by atoms with Crippen molar-refractivity contribution in [3.05, 3.63) is 22.3 Å². The van der Waals surface area contributed by atoms with Crippen LogP contribution in [0.5, 0.6) is 5.88 Å². The molecule has 5 nitrogen and oxygen atoms in total. The maximum atomic E-state index is 11.5. The molecule has 1 aromatic rings. The molecule has 0 aliphatic heterocycles. The fourth-order valence-electron chi connectivity index (χ4n) is 1.30. The molecule has 1 rings (SSSR count). The van der Waals surface area contributed by atoms with Gasteiger partial charge in [0.1, 0.15) is 0 Å². The minimum Gasteiger partial charge on any atom is -0.478 e. The molecule has 0 radical (unpaired) electrons. The topological polar surface area (TPSA) is 68.7 Å². The zero-order valence-electron chi connectivity index (χ0n) is 12.4. The van der Waals surface area contributed by atoms with Gasteiger partial charge in [-0.3, -0.25) is 0 Å². The molecule has 0 spiro atoms. The van der Waals surface area contributed by atoms with Crippen LogP contribution in [0.15, 0.2) is 16.7 Å². The Labute approximate surface area is 127 Å². The number of halogens is 1. The number of nitrogens with zero attached hydrogens (tertiary/aromatic N) is 1. The molecule has 0 aromatic carbocycles. The highest BCUT2D eigenvalue weighted by molar-refractivity contribution is 9.10. The highest BCUT2D eigenvalue weighted by Crippen LogP contribution is 2.27. The van der Waals surface area contributed by atoms with Crippen LogP contribution in [-0.4, -0.2) is 33.9 Å². The normalized spacial score (nSPS) is 14.7. The van der Waals surface area contributed by atoms with Crippen LogP contribution in [0.1, 0.15) is 33.3 Å². The van der Waals surface area contributed by atoms with E-state index in [9.17, 15) is 9.90 Å². The monoisotopic (exact) mass is 345 g/mol. The number of hydrogen-bond donors (Lipinski definition) is 1. The third-order valence-corrected chi connectivity index (χ3v) is 3.07. The van der Waals surface area contributed by atoms with Crippen molar-refractivity contribution in [2.24, 2.45) is 0 Å². The fraction of sp³-hybridized carbons (Fsp3) is 0.571. The lowest BCUT2D eigenvalue weighted by molar-refractivity contribution is -0.164. The van der Waals surface area contributed by atoms with Gasteiger partial charge in [-0.25, -0.2) is 9.78 Å². The summed E-state index contributed by atoms with van der Waals surface area (Å²) in [5.74, 6) is -0.867. The molecule has 1 atom stereocenters. The summed E-state index contributed by atoms with van der Waals surface area (Å²) in [5, 5.41) is 9.39. The second-order valence-electron chi connectivity index (χ2n) is 5.84. The Morgan fingerprint density at radius 2 is 2.00 bits per heavy atom. The van der Waals surface area contributed by atoms with Crippen LogP contribution in [0.3, 0.4) is 0 Å². The molecule has 6 heteroatoms. The summed E-state index contributed by atoms with van der Waals surface area (Å²) in [4.78, 5) is 15.6. The first-order chi connectivity index (χ1) is 9.03. The third kappa shape index (κ3) is 4.76. The number of hydrogen-bond acceptors (Lipinski definition) is 4. The van der Waals surface area contributed by atoms with Gasteiger partial charge in [-0.05, 0) is 62.2 Å². The molecular weight excluding hydrogens is 326 g/mol. The van der Waals surface area contributed by atoms with Crippen LogP contribution in [0, 0.1) is 6.92 Å². The standard InChI is InChI=1S/C14H20BrNO4/c1-9-6-10(15)11(16-7-9)20-14(5,12(17)18)8-19-13(2,3)4/h6-7H,8H2,1-5H3,(H,17,18). The number of aromatic nitrogens is 1. The zero-order chi connectivity index (χ0) is 15.6. The van der Waals surface area contributed by atoms with E-state index in [2.05, 4.69) is 20.9 Å². The molecule has 0 aliphatic carbocycles. The Morgan fingerprint density at radius 3 is 2.45 bits per heavy atom. The Balaban J connectivity index is 2.94. The lowest BCUT2D eigenvalue weighted by Gasteiger charge is -2.30. The Kier molecular flexibility index (Phi) is 5.15. The SMILES string of the molecule is Cc1cnc(OC(C)(COC(C)(C)C)C(=O)O)c(Br)c1. The maximum absolute atomic E-state index is 11.5. The summed E-state index contributed by atoms with van der Waals surface area (Å²) in [6, 6.07) is 1.81. The largest absolute Gasteiger partial charge is 0.478 e. The summed E-state index contributed by atoms with van der Waals surface area (Å²) >= 11 is 3.32. The maximum Gasteiger partial charge on any atom is 0.350 e. The number of ether oxygens (including phenoxy) is 2. The van der Waals surface area contributed by atoms with Gasteiger partial charge in [0.25, 0.3) is 0 Å². The van der Waals surface area contributed by atoms with Gasteiger partial charge in [0, 0.05) is 6.20 Å². The minimum atomic E-state index is -1.50. The number of aliphatic carboxylic acids is 1. The second kappa shape index (κ2) is 6.10. The molecule has 0 amide bonds. The average molecular weight is 346 g/mol. The summed E-state index contributed by atoms with van der Waals surface area (Å²) in [7, 11) is 0. The number of carboxylic acids is 1. The van der Waals surface area contributed by atoms with Gasteiger partial charge >= 0.3 is 5.97 Å². The molecule has 0 saturated carbocycles. The summed E-state index contributed by atoms with van der Waals surface area (Å²) in [6.07, 6.45) is 1.62. The summed E-state index contributed by atoms with van der Waals surface area (Å²) < 4.78 is 11.7.